The molecule has 18 heavy (non-hydrogen) atoms. The summed E-state index contributed by atoms with van der Waals surface area (Å²) in [7, 11) is 0. The summed E-state index contributed by atoms with van der Waals surface area (Å²) < 4.78 is 2.36. The number of pyridine rings is 1. The quantitative estimate of drug-likeness (QED) is 0.902. The Bertz CT molecular complexity index is 546. The van der Waals surface area contributed by atoms with Crippen LogP contribution in [0.2, 0.25) is 0 Å². The number of aryl methyl sites for hydroxylation is 1. The van der Waals surface area contributed by atoms with Crippen LogP contribution in [0.3, 0.4) is 0 Å². The van der Waals surface area contributed by atoms with E-state index in [1.807, 2.05) is 12.4 Å². The van der Waals surface area contributed by atoms with E-state index in [9.17, 15) is 0 Å². The van der Waals surface area contributed by atoms with Gasteiger partial charge in [0.2, 0.25) is 0 Å². The first kappa shape index (κ1) is 11.7. The van der Waals surface area contributed by atoms with Gasteiger partial charge in [0, 0.05) is 24.7 Å². The van der Waals surface area contributed by atoms with Crippen LogP contribution < -0.4 is 5.73 Å². The Labute approximate surface area is 107 Å². The van der Waals surface area contributed by atoms with Gasteiger partial charge in [-0.2, -0.15) is 0 Å². The molecule has 96 valence electrons. The summed E-state index contributed by atoms with van der Waals surface area (Å²) in [6.07, 6.45) is 8.19. The Balaban J connectivity index is 2.06. The second-order valence-corrected chi connectivity index (χ2v) is 5.26. The summed E-state index contributed by atoms with van der Waals surface area (Å²) >= 11 is 0. The minimum Gasteiger partial charge on any atom is -0.328 e. The van der Waals surface area contributed by atoms with Gasteiger partial charge in [0.05, 0.1) is 11.7 Å². The number of fused-ring (bicyclic) bond motifs is 1. The van der Waals surface area contributed by atoms with Crippen LogP contribution in [0, 0.1) is 0 Å². The molecule has 0 radical (unpaired) electrons. The third-order valence-electron chi connectivity index (χ3n) is 3.87. The fraction of sp³-hybridized carbons (Fsp3) is 0.571. The molecule has 3 rings (SSSR count). The van der Waals surface area contributed by atoms with Crippen molar-refractivity contribution < 1.29 is 0 Å². The highest BCUT2D eigenvalue weighted by molar-refractivity contribution is 5.74. The zero-order valence-corrected chi connectivity index (χ0v) is 10.8. The number of hydrogen-bond donors (Lipinski definition) is 1. The van der Waals surface area contributed by atoms with Gasteiger partial charge >= 0.3 is 0 Å². The van der Waals surface area contributed by atoms with Crippen molar-refractivity contribution in [3.8, 4) is 0 Å². The highest BCUT2D eigenvalue weighted by Gasteiger charge is 2.27. The predicted octanol–water partition coefficient (Wildman–Crippen LogP) is 2.44. The van der Waals surface area contributed by atoms with Gasteiger partial charge in [0.15, 0.2) is 0 Å². The van der Waals surface area contributed by atoms with Crippen molar-refractivity contribution in [3.05, 3.63) is 24.3 Å². The van der Waals surface area contributed by atoms with E-state index >= 15 is 0 Å². The Morgan fingerprint density at radius 2 is 2.33 bits per heavy atom. The Morgan fingerprint density at radius 1 is 1.44 bits per heavy atom. The van der Waals surface area contributed by atoms with Crippen LogP contribution in [0.5, 0.6) is 0 Å². The topological polar surface area (TPSA) is 56.7 Å². The zero-order chi connectivity index (χ0) is 12.5. The van der Waals surface area contributed by atoms with E-state index in [1.54, 1.807) is 0 Å². The molecule has 4 heteroatoms. The van der Waals surface area contributed by atoms with E-state index in [1.165, 1.54) is 17.8 Å². The molecule has 0 amide bonds. The van der Waals surface area contributed by atoms with Crippen LogP contribution in [0.15, 0.2) is 18.5 Å². The maximum Gasteiger partial charge on any atom is 0.113 e. The average molecular weight is 244 g/mol. The van der Waals surface area contributed by atoms with E-state index in [4.69, 9.17) is 10.7 Å². The number of nitrogens with zero attached hydrogens (tertiary/aromatic N) is 3. The van der Waals surface area contributed by atoms with Crippen LogP contribution in [0.4, 0.5) is 0 Å². The standard InChI is InChI=1S/C14H20N4/c1-2-7-18-13-5-6-16-9-12(13)17-14(18)10-3-4-11(15)8-10/h5-6,9-11H,2-4,7-8,15H2,1H3. The number of imidazole rings is 1. The van der Waals surface area contributed by atoms with Gasteiger partial charge in [-0.15, -0.1) is 0 Å². The fourth-order valence-electron chi connectivity index (χ4n) is 3.02. The molecule has 0 spiro atoms. The Morgan fingerprint density at radius 3 is 3.06 bits per heavy atom. The second kappa shape index (κ2) is 4.69. The van der Waals surface area contributed by atoms with Crippen molar-refractivity contribution in [2.24, 2.45) is 5.73 Å². The Kier molecular flexibility index (Phi) is 3.04. The van der Waals surface area contributed by atoms with Gasteiger partial charge in [0.25, 0.3) is 0 Å². The number of rotatable bonds is 3. The molecule has 0 aromatic carbocycles. The summed E-state index contributed by atoms with van der Waals surface area (Å²) in [6, 6.07) is 2.42. The number of nitrogens with two attached hydrogens (primary N) is 1. The molecule has 1 aliphatic carbocycles. The first-order valence-electron chi connectivity index (χ1n) is 6.85. The van der Waals surface area contributed by atoms with Gasteiger partial charge in [-0.1, -0.05) is 6.92 Å². The molecule has 0 bridgehead atoms. The summed E-state index contributed by atoms with van der Waals surface area (Å²) in [4.78, 5) is 8.96. The highest BCUT2D eigenvalue weighted by Crippen LogP contribution is 2.34. The number of hydrogen-bond acceptors (Lipinski definition) is 3. The first-order valence-corrected chi connectivity index (χ1v) is 6.85. The van der Waals surface area contributed by atoms with Crippen molar-refractivity contribution in [1.82, 2.24) is 14.5 Å². The van der Waals surface area contributed by atoms with Gasteiger partial charge in [-0.3, -0.25) is 4.98 Å². The smallest absolute Gasteiger partial charge is 0.113 e. The Hall–Kier alpha value is -1.42. The van der Waals surface area contributed by atoms with Gasteiger partial charge in [-0.25, -0.2) is 4.98 Å². The van der Waals surface area contributed by atoms with Crippen molar-refractivity contribution in [2.45, 2.75) is 51.1 Å². The van der Waals surface area contributed by atoms with E-state index in [2.05, 4.69) is 22.5 Å². The third-order valence-corrected chi connectivity index (χ3v) is 3.87. The third kappa shape index (κ3) is 1.90. The van der Waals surface area contributed by atoms with Gasteiger partial charge < -0.3 is 10.3 Å². The molecule has 4 nitrogen and oxygen atoms in total. The minimum absolute atomic E-state index is 0.350. The van der Waals surface area contributed by atoms with Crippen LogP contribution in [0.25, 0.3) is 11.0 Å². The van der Waals surface area contributed by atoms with Crippen LogP contribution in [-0.4, -0.2) is 20.6 Å². The van der Waals surface area contributed by atoms with Crippen molar-refractivity contribution >= 4 is 11.0 Å². The fourth-order valence-corrected chi connectivity index (χ4v) is 3.02. The van der Waals surface area contributed by atoms with Crippen molar-refractivity contribution in [3.63, 3.8) is 0 Å². The maximum absolute atomic E-state index is 6.03. The maximum atomic E-state index is 6.03. The molecule has 2 N–H and O–H groups in total. The SMILES string of the molecule is CCCn1c(C2CCC(N)C2)nc2cnccc21. The first-order chi connectivity index (χ1) is 8.79. The summed E-state index contributed by atoms with van der Waals surface area (Å²) in [5.74, 6) is 1.74. The van der Waals surface area contributed by atoms with Crippen LogP contribution >= 0.6 is 0 Å². The molecule has 0 saturated heterocycles. The normalized spacial score (nSPS) is 23.9. The number of aromatic nitrogens is 3. The molecular weight excluding hydrogens is 224 g/mol. The van der Waals surface area contributed by atoms with Gasteiger partial charge in [0.1, 0.15) is 11.3 Å². The van der Waals surface area contributed by atoms with E-state index in [0.29, 0.717) is 12.0 Å². The molecule has 2 aromatic heterocycles. The van der Waals surface area contributed by atoms with E-state index < -0.39 is 0 Å². The lowest BCUT2D eigenvalue weighted by Gasteiger charge is -2.12. The summed E-state index contributed by atoms with van der Waals surface area (Å²) in [5.41, 5.74) is 8.26. The lowest BCUT2D eigenvalue weighted by molar-refractivity contribution is 0.577. The van der Waals surface area contributed by atoms with Gasteiger partial charge in [-0.05, 0) is 31.7 Å². The monoisotopic (exact) mass is 244 g/mol. The average Bonchev–Trinajstić information content (AvgIpc) is 2.95. The second-order valence-electron chi connectivity index (χ2n) is 5.26. The largest absolute Gasteiger partial charge is 0.328 e. The zero-order valence-electron chi connectivity index (χ0n) is 10.8. The van der Waals surface area contributed by atoms with E-state index in [0.717, 1.165) is 31.3 Å². The lowest BCUT2D eigenvalue weighted by atomic mass is 10.1. The molecular formula is C14H20N4. The highest BCUT2D eigenvalue weighted by atomic mass is 15.1. The molecule has 1 aliphatic rings. The lowest BCUT2D eigenvalue weighted by Crippen LogP contribution is -2.15. The van der Waals surface area contributed by atoms with Crippen molar-refractivity contribution in [1.29, 1.82) is 0 Å². The van der Waals surface area contributed by atoms with Crippen LogP contribution in [-0.2, 0) is 6.54 Å². The predicted molar refractivity (Wildman–Crippen MR) is 72.4 cm³/mol. The summed E-state index contributed by atoms with van der Waals surface area (Å²) in [5, 5.41) is 0. The summed E-state index contributed by atoms with van der Waals surface area (Å²) in [6.45, 7) is 3.23. The minimum atomic E-state index is 0.350. The van der Waals surface area contributed by atoms with Crippen molar-refractivity contribution in [2.75, 3.05) is 0 Å². The molecule has 2 unspecified atom stereocenters. The van der Waals surface area contributed by atoms with Crippen LogP contribution in [0.1, 0.15) is 44.3 Å². The molecule has 1 fully saturated rings. The molecule has 1 saturated carbocycles. The molecule has 2 atom stereocenters. The van der Waals surface area contributed by atoms with E-state index in [-0.39, 0.29) is 0 Å². The molecule has 0 aliphatic heterocycles. The molecule has 2 aromatic rings. The molecule has 2 heterocycles.